The van der Waals surface area contributed by atoms with Gasteiger partial charge in [0.05, 0.1) is 0 Å². The van der Waals surface area contributed by atoms with E-state index < -0.39 is 0 Å². The number of likely N-dealkylation sites (N-methyl/N-ethyl adjacent to an activating group) is 2. The van der Waals surface area contributed by atoms with Gasteiger partial charge in [-0.1, -0.05) is 39.5 Å². The first-order chi connectivity index (χ1) is 7.52. The molecule has 0 aromatic rings. The highest BCUT2D eigenvalue weighted by molar-refractivity contribution is 4.93. The molecule has 2 nitrogen and oxygen atoms in total. The van der Waals surface area contributed by atoms with Gasteiger partial charge in [0.25, 0.3) is 0 Å². The van der Waals surface area contributed by atoms with Crippen molar-refractivity contribution in [1.29, 1.82) is 0 Å². The highest BCUT2D eigenvalue weighted by Gasteiger charge is 2.32. The van der Waals surface area contributed by atoms with Crippen LogP contribution in [0.3, 0.4) is 0 Å². The summed E-state index contributed by atoms with van der Waals surface area (Å²) in [6.07, 6.45) is 7.91. The van der Waals surface area contributed by atoms with E-state index in [0.717, 1.165) is 0 Å². The molecule has 0 aromatic heterocycles. The SMILES string of the molecule is CCCCCCC(NC)C(C)(CC)N(C)C. The van der Waals surface area contributed by atoms with E-state index in [0.29, 0.717) is 6.04 Å². The zero-order chi connectivity index (χ0) is 12.6. The van der Waals surface area contributed by atoms with Crippen molar-refractivity contribution in [3.05, 3.63) is 0 Å². The molecular formula is C14H32N2. The number of nitrogens with one attached hydrogen (secondary N) is 1. The standard InChI is InChI=1S/C14H32N2/c1-7-9-10-11-12-13(15-4)14(3,8-2)16(5)6/h13,15H,7-12H2,1-6H3. The van der Waals surface area contributed by atoms with Gasteiger partial charge in [-0.3, -0.25) is 0 Å². The second-order valence-corrected chi connectivity index (χ2v) is 5.30. The maximum Gasteiger partial charge on any atom is 0.0325 e. The van der Waals surface area contributed by atoms with Crippen LogP contribution in [0.25, 0.3) is 0 Å². The van der Waals surface area contributed by atoms with Crippen molar-refractivity contribution in [1.82, 2.24) is 10.2 Å². The van der Waals surface area contributed by atoms with Crippen molar-refractivity contribution in [2.24, 2.45) is 0 Å². The zero-order valence-corrected chi connectivity index (χ0v) is 12.3. The Hall–Kier alpha value is -0.0800. The van der Waals surface area contributed by atoms with Crippen molar-refractivity contribution in [3.63, 3.8) is 0 Å². The van der Waals surface area contributed by atoms with E-state index in [1.807, 2.05) is 0 Å². The van der Waals surface area contributed by atoms with E-state index in [2.05, 4.69) is 52.1 Å². The van der Waals surface area contributed by atoms with Gasteiger partial charge in [-0.05, 0) is 40.9 Å². The first kappa shape index (κ1) is 15.9. The van der Waals surface area contributed by atoms with Crippen LogP contribution in [-0.2, 0) is 0 Å². The smallest absolute Gasteiger partial charge is 0.0325 e. The molecule has 0 heterocycles. The third-order valence-electron chi connectivity index (χ3n) is 4.18. The quantitative estimate of drug-likeness (QED) is 0.609. The van der Waals surface area contributed by atoms with Crippen LogP contribution in [0.15, 0.2) is 0 Å². The fraction of sp³-hybridized carbons (Fsp3) is 1.00. The van der Waals surface area contributed by atoms with Crippen LogP contribution in [0.5, 0.6) is 0 Å². The molecule has 98 valence electrons. The van der Waals surface area contributed by atoms with Gasteiger partial charge >= 0.3 is 0 Å². The minimum absolute atomic E-state index is 0.279. The monoisotopic (exact) mass is 228 g/mol. The van der Waals surface area contributed by atoms with Crippen molar-refractivity contribution in [2.45, 2.75) is 70.9 Å². The number of hydrogen-bond acceptors (Lipinski definition) is 2. The molecule has 0 saturated carbocycles. The fourth-order valence-corrected chi connectivity index (χ4v) is 2.42. The molecule has 2 atom stereocenters. The van der Waals surface area contributed by atoms with Crippen LogP contribution in [0, 0.1) is 0 Å². The summed E-state index contributed by atoms with van der Waals surface area (Å²) >= 11 is 0. The van der Waals surface area contributed by atoms with Crippen LogP contribution in [0.4, 0.5) is 0 Å². The average Bonchev–Trinajstić information content (AvgIpc) is 2.28. The van der Waals surface area contributed by atoms with Gasteiger partial charge < -0.3 is 10.2 Å². The second kappa shape index (κ2) is 8.08. The molecule has 2 heteroatoms. The lowest BCUT2D eigenvalue weighted by Gasteiger charge is -2.42. The first-order valence-corrected chi connectivity index (χ1v) is 6.87. The maximum absolute atomic E-state index is 3.51. The van der Waals surface area contributed by atoms with Gasteiger partial charge in [-0.25, -0.2) is 0 Å². The third kappa shape index (κ3) is 4.42. The number of hydrogen-bond donors (Lipinski definition) is 1. The fourth-order valence-electron chi connectivity index (χ4n) is 2.42. The summed E-state index contributed by atoms with van der Waals surface area (Å²) < 4.78 is 0. The lowest BCUT2D eigenvalue weighted by atomic mass is 9.85. The molecule has 0 aliphatic heterocycles. The molecule has 1 N–H and O–H groups in total. The van der Waals surface area contributed by atoms with Crippen LogP contribution < -0.4 is 5.32 Å². The Kier molecular flexibility index (Phi) is 8.04. The van der Waals surface area contributed by atoms with Gasteiger partial charge in [0.2, 0.25) is 0 Å². The number of nitrogens with zero attached hydrogens (tertiary/aromatic N) is 1. The summed E-state index contributed by atoms with van der Waals surface area (Å²) in [7, 11) is 6.49. The molecule has 0 aromatic carbocycles. The largest absolute Gasteiger partial charge is 0.315 e. The minimum atomic E-state index is 0.279. The Labute approximate surface area is 103 Å². The Morgan fingerprint density at radius 1 is 1.12 bits per heavy atom. The van der Waals surface area contributed by atoms with E-state index in [1.165, 1.54) is 38.5 Å². The molecule has 0 bridgehead atoms. The maximum atomic E-state index is 3.51. The van der Waals surface area contributed by atoms with Gasteiger partial charge in [0, 0.05) is 11.6 Å². The minimum Gasteiger partial charge on any atom is -0.315 e. The molecular weight excluding hydrogens is 196 g/mol. The zero-order valence-electron chi connectivity index (χ0n) is 12.3. The van der Waals surface area contributed by atoms with Crippen LogP contribution in [-0.4, -0.2) is 37.6 Å². The molecule has 0 aliphatic carbocycles. The van der Waals surface area contributed by atoms with Crippen LogP contribution in [0.1, 0.15) is 59.3 Å². The summed E-state index contributed by atoms with van der Waals surface area (Å²) in [5.74, 6) is 0. The van der Waals surface area contributed by atoms with Crippen LogP contribution in [0.2, 0.25) is 0 Å². The highest BCUT2D eigenvalue weighted by atomic mass is 15.2. The third-order valence-corrected chi connectivity index (χ3v) is 4.18. The Morgan fingerprint density at radius 2 is 1.75 bits per heavy atom. The molecule has 0 rings (SSSR count). The van der Waals surface area contributed by atoms with Gasteiger partial charge in [0.1, 0.15) is 0 Å². The summed E-state index contributed by atoms with van der Waals surface area (Å²) in [4.78, 5) is 2.37. The molecule has 0 fully saturated rings. The van der Waals surface area contributed by atoms with E-state index in [9.17, 15) is 0 Å². The summed E-state index contributed by atoms with van der Waals surface area (Å²) in [6, 6.07) is 0.601. The summed E-state index contributed by atoms with van der Waals surface area (Å²) in [5.41, 5.74) is 0.279. The topological polar surface area (TPSA) is 15.3 Å². The lowest BCUT2D eigenvalue weighted by molar-refractivity contribution is 0.110. The molecule has 2 unspecified atom stereocenters. The highest BCUT2D eigenvalue weighted by Crippen LogP contribution is 2.24. The summed E-state index contributed by atoms with van der Waals surface area (Å²) in [6.45, 7) is 6.93. The Bertz CT molecular complexity index is 168. The second-order valence-electron chi connectivity index (χ2n) is 5.30. The number of rotatable bonds is 9. The number of unbranched alkanes of at least 4 members (excludes halogenated alkanes) is 3. The molecule has 0 spiro atoms. The van der Waals surface area contributed by atoms with E-state index in [-0.39, 0.29) is 5.54 Å². The molecule has 0 radical (unpaired) electrons. The Morgan fingerprint density at radius 3 is 2.12 bits per heavy atom. The van der Waals surface area contributed by atoms with Crippen molar-refractivity contribution in [2.75, 3.05) is 21.1 Å². The van der Waals surface area contributed by atoms with E-state index >= 15 is 0 Å². The lowest BCUT2D eigenvalue weighted by Crippen LogP contribution is -2.55. The summed E-state index contributed by atoms with van der Waals surface area (Å²) in [5, 5.41) is 3.51. The molecule has 0 saturated heterocycles. The average molecular weight is 228 g/mol. The first-order valence-electron chi connectivity index (χ1n) is 6.87. The predicted molar refractivity (Wildman–Crippen MR) is 74.0 cm³/mol. The van der Waals surface area contributed by atoms with Gasteiger partial charge in [-0.2, -0.15) is 0 Å². The van der Waals surface area contributed by atoms with Crippen molar-refractivity contribution in [3.8, 4) is 0 Å². The predicted octanol–water partition coefficient (Wildman–Crippen LogP) is 3.28. The molecule has 0 aliphatic rings. The van der Waals surface area contributed by atoms with Crippen molar-refractivity contribution < 1.29 is 0 Å². The van der Waals surface area contributed by atoms with E-state index in [4.69, 9.17) is 0 Å². The normalized spacial score (nSPS) is 17.4. The Balaban J connectivity index is 4.23. The van der Waals surface area contributed by atoms with E-state index in [1.54, 1.807) is 0 Å². The van der Waals surface area contributed by atoms with Gasteiger partial charge in [-0.15, -0.1) is 0 Å². The molecule has 0 amide bonds. The van der Waals surface area contributed by atoms with Crippen LogP contribution >= 0.6 is 0 Å². The molecule has 16 heavy (non-hydrogen) atoms. The van der Waals surface area contributed by atoms with Crippen molar-refractivity contribution >= 4 is 0 Å². The van der Waals surface area contributed by atoms with Gasteiger partial charge in [0.15, 0.2) is 0 Å².